The molecule has 6 nitrogen and oxygen atoms in total. The number of carbonyl (C=O) groups is 3. The van der Waals surface area contributed by atoms with E-state index in [1.54, 1.807) is 40.9 Å². The molecule has 0 spiro atoms. The number of fused-ring (bicyclic) bond motifs is 3. The minimum atomic E-state index is -1.34. The Morgan fingerprint density at radius 3 is 2.72 bits per heavy atom. The molecule has 1 atom stereocenters. The molecule has 0 aromatic heterocycles. The second-order valence-corrected chi connectivity index (χ2v) is 8.09. The number of amides is 3. The number of hydrogen-bond acceptors (Lipinski definition) is 4. The smallest absolute Gasteiger partial charge is 0.271 e. The molecule has 2 heterocycles. The highest BCUT2D eigenvalue weighted by Gasteiger charge is 2.60. The molecule has 0 unspecified atom stereocenters. The summed E-state index contributed by atoms with van der Waals surface area (Å²) in [6.07, 6.45) is 3.16. The molecule has 0 bridgehead atoms. The van der Waals surface area contributed by atoms with E-state index in [0.717, 1.165) is 4.90 Å². The lowest BCUT2D eigenvalue weighted by Crippen LogP contribution is -2.69. The summed E-state index contributed by atoms with van der Waals surface area (Å²) in [4.78, 5) is 44.0. The van der Waals surface area contributed by atoms with Crippen LogP contribution in [0.25, 0.3) is 0 Å². The van der Waals surface area contributed by atoms with E-state index in [2.05, 4.69) is 5.32 Å². The van der Waals surface area contributed by atoms with Gasteiger partial charge in [0.15, 0.2) is 0 Å². The molecule has 29 heavy (non-hydrogen) atoms. The SMILES string of the molecule is CCCN1C(=O)c2ccccc2N2C(=O)CC[C@@]12C(=O)Nc1cccc(SC)c1. The second-order valence-electron chi connectivity index (χ2n) is 7.21. The van der Waals surface area contributed by atoms with Crippen molar-refractivity contribution in [1.82, 2.24) is 4.90 Å². The summed E-state index contributed by atoms with van der Waals surface area (Å²) in [6.45, 7) is 2.36. The van der Waals surface area contributed by atoms with Gasteiger partial charge in [0, 0.05) is 30.0 Å². The Labute approximate surface area is 174 Å². The molecule has 1 fully saturated rings. The molecule has 2 aromatic carbocycles. The molecular formula is C22H23N3O3S. The van der Waals surface area contributed by atoms with Crippen LogP contribution in [-0.4, -0.2) is 41.1 Å². The zero-order chi connectivity index (χ0) is 20.6. The molecule has 1 N–H and O–H groups in total. The van der Waals surface area contributed by atoms with E-state index in [9.17, 15) is 14.4 Å². The number of hydrogen-bond donors (Lipinski definition) is 1. The Hall–Kier alpha value is -2.80. The first-order valence-corrected chi connectivity index (χ1v) is 10.9. The van der Waals surface area contributed by atoms with Gasteiger partial charge in [0.05, 0.1) is 11.3 Å². The molecule has 0 aliphatic carbocycles. The van der Waals surface area contributed by atoms with Crippen molar-refractivity contribution >= 4 is 40.9 Å². The molecule has 4 rings (SSSR count). The van der Waals surface area contributed by atoms with Crippen molar-refractivity contribution in [2.45, 2.75) is 36.7 Å². The van der Waals surface area contributed by atoms with Crippen molar-refractivity contribution in [2.24, 2.45) is 0 Å². The van der Waals surface area contributed by atoms with E-state index >= 15 is 0 Å². The molecule has 0 radical (unpaired) electrons. The van der Waals surface area contributed by atoms with Gasteiger partial charge in [-0.05, 0) is 43.0 Å². The van der Waals surface area contributed by atoms with Crippen LogP contribution in [0.1, 0.15) is 36.5 Å². The quantitative estimate of drug-likeness (QED) is 0.764. The Bertz CT molecular complexity index is 993. The maximum absolute atomic E-state index is 13.7. The lowest BCUT2D eigenvalue weighted by atomic mass is 9.95. The van der Waals surface area contributed by atoms with Crippen LogP contribution in [-0.2, 0) is 9.59 Å². The van der Waals surface area contributed by atoms with Gasteiger partial charge in [0.2, 0.25) is 11.6 Å². The zero-order valence-electron chi connectivity index (χ0n) is 16.5. The Kier molecular flexibility index (Phi) is 5.08. The van der Waals surface area contributed by atoms with E-state index in [-0.39, 0.29) is 30.6 Å². The lowest BCUT2D eigenvalue weighted by molar-refractivity contribution is -0.128. The van der Waals surface area contributed by atoms with Crippen LogP contribution in [0.4, 0.5) is 11.4 Å². The topological polar surface area (TPSA) is 69.7 Å². The van der Waals surface area contributed by atoms with Gasteiger partial charge in [0.25, 0.3) is 11.8 Å². The van der Waals surface area contributed by atoms with E-state index in [4.69, 9.17) is 0 Å². The van der Waals surface area contributed by atoms with Crippen molar-refractivity contribution < 1.29 is 14.4 Å². The van der Waals surface area contributed by atoms with Gasteiger partial charge in [-0.25, -0.2) is 0 Å². The van der Waals surface area contributed by atoms with Gasteiger partial charge in [0.1, 0.15) is 0 Å². The first kappa shape index (κ1) is 19.5. The summed E-state index contributed by atoms with van der Waals surface area (Å²) in [5.74, 6) is -0.696. The molecule has 0 saturated carbocycles. The molecule has 1 saturated heterocycles. The van der Waals surface area contributed by atoms with Crippen molar-refractivity contribution in [1.29, 1.82) is 0 Å². The predicted molar refractivity (Wildman–Crippen MR) is 114 cm³/mol. The molecule has 3 amide bonds. The van der Waals surface area contributed by atoms with E-state index in [0.29, 0.717) is 29.9 Å². The van der Waals surface area contributed by atoms with Gasteiger partial charge >= 0.3 is 0 Å². The summed E-state index contributed by atoms with van der Waals surface area (Å²) in [5, 5.41) is 2.97. The number of para-hydroxylation sites is 1. The average Bonchev–Trinajstić information content (AvgIpc) is 3.09. The third-order valence-corrected chi connectivity index (χ3v) is 6.24. The lowest BCUT2D eigenvalue weighted by Gasteiger charge is -2.49. The fourth-order valence-corrected chi connectivity index (χ4v) is 4.70. The largest absolute Gasteiger partial charge is 0.322 e. The molecule has 7 heteroatoms. The summed E-state index contributed by atoms with van der Waals surface area (Å²) in [6, 6.07) is 14.6. The Morgan fingerprint density at radius 1 is 1.17 bits per heavy atom. The predicted octanol–water partition coefficient (Wildman–Crippen LogP) is 3.74. The van der Waals surface area contributed by atoms with Gasteiger partial charge in [-0.3, -0.25) is 19.3 Å². The first-order valence-electron chi connectivity index (χ1n) is 9.72. The van der Waals surface area contributed by atoms with Gasteiger partial charge in [-0.2, -0.15) is 0 Å². The molecule has 2 aliphatic heterocycles. The van der Waals surface area contributed by atoms with Crippen LogP contribution in [0.5, 0.6) is 0 Å². The van der Waals surface area contributed by atoms with Crippen LogP contribution in [0.3, 0.4) is 0 Å². The Morgan fingerprint density at radius 2 is 1.97 bits per heavy atom. The summed E-state index contributed by atoms with van der Waals surface area (Å²) in [7, 11) is 0. The average molecular weight is 410 g/mol. The fraction of sp³-hybridized carbons (Fsp3) is 0.318. The molecule has 2 aliphatic rings. The third-order valence-electron chi connectivity index (χ3n) is 5.51. The summed E-state index contributed by atoms with van der Waals surface area (Å²) < 4.78 is 0. The number of nitrogens with zero attached hydrogens (tertiary/aromatic N) is 2. The van der Waals surface area contributed by atoms with Crippen molar-refractivity contribution in [3.05, 3.63) is 54.1 Å². The second kappa shape index (κ2) is 7.55. The standard InChI is InChI=1S/C22H23N3O3S/c1-3-13-24-20(27)17-9-4-5-10-18(17)25-19(26)11-12-22(24,25)21(28)23-15-7-6-8-16(14-15)29-2/h4-10,14H,3,11-13H2,1-2H3,(H,23,28)/t22-/m1/s1. The Balaban J connectivity index is 1.82. The van der Waals surface area contributed by atoms with Crippen molar-refractivity contribution in [3.8, 4) is 0 Å². The van der Waals surface area contributed by atoms with Crippen LogP contribution < -0.4 is 10.2 Å². The molecular weight excluding hydrogens is 386 g/mol. The maximum Gasteiger partial charge on any atom is 0.271 e. The van der Waals surface area contributed by atoms with Crippen LogP contribution >= 0.6 is 11.8 Å². The van der Waals surface area contributed by atoms with E-state index in [1.165, 1.54) is 4.90 Å². The maximum atomic E-state index is 13.7. The molecule has 2 aromatic rings. The third kappa shape index (κ3) is 3.00. The highest BCUT2D eigenvalue weighted by molar-refractivity contribution is 7.98. The van der Waals surface area contributed by atoms with Gasteiger partial charge < -0.3 is 10.2 Å². The number of thioether (sulfide) groups is 1. The minimum absolute atomic E-state index is 0.140. The number of benzene rings is 2. The number of nitrogens with one attached hydrogen (secondary N) is 1. The van der Waals surface area contributed by atoms with Gasteiger partial charge in [-0.1, -0.05) is 25.1 Å². The first-order chi connectivity index (χ1) is 14.0. The summed E-state index contributed by atoms with van der Waals surface area (Å²) >= 11 is 1.58. The van der Waals surface area contributed by atoms with E-state index < -0.39 is 5.66 Å². The summed E-state index contributed by atoms with van der Waals surface area (Å²) in [5.41, 5.74) is 0.288. The highest BCUT2D eigenvalue weighted by atomic mass is 32.2. The van der Waals surface area contributed by atoms with Crippen LogP contribution in [0.2, 0.25) is 0 Å². The van der Waals surface area contributed by atoms with Gasteiger partial charge in [-0.15, -0.1) is 11.8 Å². The van der Waals surface area contributed by atoms with Crippen LogP contribution in [0, 0.1) is 0 Å². The number of rotatable bonds is 5. The minimum Gasteiger partial charge on any atom is -0.322 e. The monoisotopic (exact) mass is 409 g/mol. The zero-order valence-corrected chi connectivity index (χ0v) is 17.3. The van der Waals surface area contributed by atoms with Crippen molar-refractivity contribution in [2.75, 3.05) is 23.0 Å². The normalized spacial score (nSPS) is 20.5. The van der Waals surface area contributed by atoms with E-state index in [1.807, 2.05) is 37.4 Å². The number of carbonyl (C=O) groups excluding carboxylic acids is 3. The van der Waals surface area contributed by atoms with Crippen molar-refractivity contribution in [3.63, 3.8) is 0 Å². The van der Waals surface area contributed by atoms with Crippen LogP contribution in [0.15, 0.2) is 53.4 Å². The molecule has 150 valence electrons. The fourth-order valence-electron chi connectivity index (χ4n) is 4.24. The number of anilines is 2. The highest BCUT2D eigenvalue weighted by Crippen LogP contribution is 2.45.